The van der Waals surface area contributed by atoms with Crippen molar-refractivity contribution < 1.29 is 23.5 Å². The molecule has 2 N–H and O–H groups in total. The van der Waals surface area contributed by atoms with Gasteiger partial charge in [-0.1, -0.05) is 43.2 Å². The maximum absolute atomic E-state index is 15.0. The Balaban J connectivity index is 1.44. The minimum absolute atomic E-state index is 0.0679. The van der Waals surface area contributed by atoms with Crippen LogP contribution in [0.1, 0.15) is 50.2 Å². The number of aryl methyl sites for hydroxylation is 2. The van der Waals surface area contributed by atoms with E-state index in [2.05, 4.69) is 32.7 Å². The fourth-order valence-electron chi connectivity index (χ4n) is 4.15. The number of nitrogens with zero attached hydrogens (tertiary/aromatic N) is 2. The number of halogens is 1. The smallest absolute Gasteiger partial charge is 0.230 e. The first-order valence-electron chi connectivity index (χ1n) is 13.3. The van der Waals surface area contributed by atoms with Gasteiger partial charge in [-0.05, 0) is 49.9 Å². The number of aromatic nitrogens is 2. The van der Waals surface area contributed by atoms with E-state index in [0.29, 0.717) is 47.3 Å². The van der Waals surface area contributed by atoms with Gasteiger partial charge in [-0.2, -0.15) is 0 Å². The lowest BCUT2D eigenvalue weighted by atomic mass is 10.1. The maximum atomic E-state index is 15.0. The van der Waals surface area contributed by atoms with Crippen molar-refractivity contribution >= 4 is 34.1 Å². The number of amides is 2. The molecule has 1 aromatic heterocycles. The predicted molar refractivity (Wildman–Crippen MR) is 153 cm³/mol. The van der Waals surface area contributed by atoms with Gasteiger partial charge in [0.15, 0.2) is 11.6 Å². The lowest BCUT2D eigenvalue weighted by molar-refractivity contribution is -0.117. The van der Waals surface area contributed by atoms with E-state index in [1.165, 1.54) is 36.7 Å². The lowest BCUT2D eigenvalue weighted by Crippen LogP contribution is -2.12. The number of benzene rings is 3. The fraction of sp³-hybridized carbons (Fsp3) is 0.290. The van der Waals surface area contributed by atoms with Crippen LogP contribution < -0.4 is 20.1 Å². The molecule has 0 aliphatic rings. The molecule has 1 heterocycles. The first-order chi connectivity index (χ1) is 19.4. The van der Waals surface area contributed by atoms with Crippen molar-refractivity contribution in [1.29, 1.82) is 0 Å². The number of carbonyl (C=O) groups is 2. The van der Waals surface area contributed by atoms with Gasteiger partial charge >= 0.3 is 0 Å². The van der Waals surface area contributed by atoms with Gasteiger partial charge in [-0.15, -0.1) is 0 Å². The Bertz CT molecular complexity index is 1490. The van der Waals surface area contributed by atoms with Crippen LogP contribution in [0.5, 0.6) is 17.4 Å². The Hall–Kier alpha value is -4.53. The quantitative estimate of drug-likeness (QED) is 0.200. The van der Waals surface area contributed by atoms with Crippen LogP contribution in [0.15, 0.2) is 60.9 Å². The van der Waals surface area contributed by atoms with Crippen LogP contribution in [-0.4, -0.2) is 28.9 Å². The minimum Gasteiger partial charge on any atom is -0.494 e. The van der Waals surface area contributed by atoms with Crippen LogP contribution in [0.2, 0.25) is 0 Å². The Morgan fingerprint density at radius 3 is 2.38 bits per heavy atom. The van der Waals surface area contributed by atoms with Crippen molar-refractivity contribution in [3.63, 3.8) is 0 Å². The van der Waals surface area contributed by atoms with Crippen molar-refractivity contribution in [3.8, 4) is 17.4 Å². The molecular formula is C31H33FN4O4. The van der Waals surface area contributed by atoms with Crippen LogP contribution in [0.25, 0.3) is 10.9 Å². The highest BCUT2D eigenvalue weighted by molar-refractivity contribution is 5.97. The average molecular weight is 545 g/mol. The number of unbranched alkanes of at least 4 members (excludes halogenated alkanes) is 1. The van der Waals surface area contributed by atoms with E-state index in [-0.39, 0.29) is 23.4 Å². The maximum Gasteiger partial charge on any atom is 0.230 e. The fourth-order valence-corrected chi connectivity index (χ4v) is 4.15. The van der Waals surface area contributed by atoms with Gasteiger partial charge in [0.2, 0.25) is 17.7 Å². The second kappa shape index (κ2) is 13.5. The van der Waals surface area contributed by atoms with Gasteiger partial charge in [0.25, 0.3) is 0 Å². The Labute approximate surface area is 232 Å². The standard InChI is InChI=1S/C31H33FN4O4/c1-4-5-8-30(38)36-26-17-23-25(18-28(26)39-3)33-19-34-31(23)40-27-15-14-22(16-24(27)32)35-29(37)9-6-7-21-12-10-20(2)11-13-21/h10-19H,4-9H2,1-3H3,(H,35,37)(H,36,38). The molecule has 3 aromatic carbocycles. The molecule has 208 valence electrons. The van der Waals surface area contributed by atoms with Crippen molar-refractivity contribution in [3.05, 3.63) is 77.9 Å². The summed E-state index contributed by atoms with van der Waals surface area (Å²) >= 11 is 0. The number of methoxy groups -OCH3 is 1. The summed E-state index contributed by atoms with van der Waals surface area (Å²) in [5, 5.41) is 6.06. The largest absolute Gasteiger partial charge is 0.494 e. The number of anilines is 2. The molecule has 0 bridgehead atoms. The summed E-state index contributed by atoms with van der Waals surface area (Å²) in [6, 6.07) is 15.7. The van der Waals surface area contributed by atoms with Crippen molar-refractivity contribution in [1.82, 2.24) is 9.97 Å². The van der Waals surface area contributed by atoms with E-state index < -0.39 is 5.82 Å². The van der Waals surface area contributed by atoms with Crippen LogP contribution in [0.3, 0.4) is 0 Å². The normalized spacial score (nSPS) is 10.8. The Kier molecular flexibility index (Phi) is 9.62. The van der Waals surface area contributed by atoms with Crippen molar-refractivity contribution in [2.45, 2.75) is 52.4 Å². The van der Waals surface area contributed by atoms with E-state index in [1.54, 1.807) is 18.2 Å². The lowest BCUT2D eigenvalue weighted by Gasteiger charge is -2.14. The zero-order chi connectivity index (χ0) is 28.5. The average Bonchev–Trinajstić information content (AvgIpc) is 2.94. The molecule has 0 unspecified atom stereocenters. The Morgan fingerprint density at radius 1 is 0.900 bits per heavy atom. The highest BCUT2D eigenvalue weighted by Crippen LogP contribution is 2.35. The van der Waals surface area contributed by atoms with E-state index in [0.717, 1.165) is 19.3 Å². The molecule has 4 rings (SSSR count). The first-order valence-corrected chi connectivity index (χ1v) is 13.3. The summed E-state index contributed by atoms with van der Waals surface area (Å²) in [7, 11) is 1.50. The first kappa shape index (κ1) is 28.5. The van der Waals surface area contributed by atoms with Crippen molar-refractivity contribution in [2.24, 2.45) is 0 Å². The van der Waals surface area contributed by atoms with Crippen LogP contribution in [-0.2, 0) is 16.0 Å². The van der Waals surface area contributed by atoms with Gasteiger partial charge in [-0.25, -0.2) is 14.4 Å². The molecule has 0 radical (unpaired) electrons. The number of hydrogen-bond acceptors (Lipinski definition) is 6. The summed E-state index contributed by atoms with van der Waals surface area (Å²) < 4.78 is 26.2. The summed E-state index contributed by atoms with van der Waals surface area (Å²) in [5.74, 6) is -0.509. The molecular weight excluding hydrogens is 511 g/mol. The minimum atomic E-state index is -0.661. The van der Waals surface area contributed by atoms with Gasteiger partial charge < -0.3 is 20.1 Å². The molecule has 0 spiro atoms. The second-order valence-corrected chi connectivity index (χ2v) is 9.53. The molecule has 4 aromatic rings. The summed E-state index contributed by atoms with van der Waals surface area (Å²) in [4.78, 5) is 33.2. The number of ether oxygens (including phenoxy) is 2. The predicted octanol–water partition coefficient (Wildman–Crippen LogP) is 6.97. The van der Waals surface area contributed by atoms with Crippen molar-refractivity contribution in [2.75, 3.05) is 17.7 Å². The third-order valence-electron chi connectivity index (χ3n) is 6.36. The van der Waals surface area contributed by atoms with Crippen LogP contribution in [0.4, 0.5) is 15.8 Å². The molecule has 40 heavy (non-hydrogen) atoms. The molecule has 0 aliphatic heterocycles. The zero-order valence-electron chi connectivity index (χ0n) is 22.9. The third kappa shape index (κ3) is 7.53. The number of carbonyl (C=O) groups excluding carboxylic acids is 2. The van der Waals surface area contributed by atoms with E-state index in [9.17, 15) is 14.0 Å². The van der Waals surface area contributed by atoms with Crippen LogP contribution in [0, 0.1) is 12.7 Å². The van der Waals surface area contributed by atoms with E-state index in [1.807, 2.05) is 26.0 Å². The molecule has 0 aliphatic carbocycles. The molecule has 8 nitrogen and oxygen atoms in total. The van der Waals surface area contributed by atoms with Crippen LogP contribution >= 0.6 is 0 Å². The number of fused-ring (bicyclic) bond motifs is 1. The van der Waals surface area contributed by atoms with Gasteiger partial charge in [0.05, 0.1) is 23.7 Å². The Morgan fingerprint density at radius 2 is 1.65 bits per heavy atom. The number of rotatable bonds is 12. The highest BCUT2D eigenvalue weighted by Gasteiger charge is 2.16. The topological polar surface area (TPSA) is 102 Å². The molecule has 2 amide bonds. The molecule has 0 saturated carbocycles. The summed E-state index contributed by atoms with van der Waals surface area (Å²) in [6.45, 7) is 4.05. The van der Waals surface area contributed by atoms with E-state index >= 15 is 0 Å². The zero-order valence-corrected chi connectivity index (χ0v) is 22.9. The molecule has 9 heteroatoms. The van der Waals surface area contributed by atoms with Gasteiger partial charge in [0.1, 0.15) is 12.1 Å². The number of hydrogen-bond donors (Lipinski definition) is 2. The monoisotopic (exact) mass is 544 g/mol. The SMILES string of the molecule is CCCCC(=O)Nc1cc2c(Oc3ccc(NC(=O)CCCc4ccc(C)cc4)cc3F)ncnc2cc1OC. The highest BCUT2D eigenvalue weighted by atomic mass is 19.1. The summed E-state index contributed by atoms with van der Waals surface area (Å²) in [6.07, 6.45) is 5.15. The third-order valence-corrected chi connectivity index (χ3v) is 6.36. The second-order valence-electron chi connectivity index (χ2n) is 9.53. The molecule has 0 atom stereocenters. The van der Waals surface area contributed by atoms with Gasteiger partial charge in [-0.3, -0.25) is 9.59 Å². The number of nitrogens with one attached hydrogen (secondary N) is 2. The van der Waals surface area contributed by atoms with Gasteiger partial charge in [0, 0.05) is 30.7 Å². The molecule has 0 fully saturated rings. The van der Waals surface area contributed by atoms with E-state index in [4.69, 9.17) is 9.47 Å². The molecule has 0 saturated heterocycles. The summed E-state index contributed by atoms with van der Waals surface area (Å²) in [5.41, 5.74) is 3.65.